The Bertz CT molecular complexity index is 254. The normalized spacial score (nSPS) is 37.2. The number of hydrogen-bond donors (Lipinski definition) is 1. The highest BCUT2D eigenvalue weighted by molar-refractivity contribution is 5.85. The molecule has 0 heterocycles. The molecule has 4 heteroatoms. The lowest BCUT2D eigenvalue weighted by Gasteiger charge is -2.52. The molecule has 0 spiro atoms. The summed E-state index contributed by atoms with van der Waals surface area (Å²) in [6, 6.07) is 0. The van der Waals surface area contributed by atoms with Crippen molar-refractivity contribution in [1.29, 1.82) is 0 Å². The Labute approximate surface area is 104 Å². The molecule has 3 rings (SSSR count). The summed E-state index contributed by atoms with van der Waals surface area (Å²) in [5.74, 6) is -0.555. The molecule has 0 atom stereocenters. The van der Waals surface area contributed by atoms with E-state index >= 15 is 0 Å². The smallest absolute Gasteiger partial charge is 0.309 e. The van der Waals surface area contributed by atoms with E-state index in [1.54, 1.807) is 0 Å². The van der Waals surface area contributed by atoms with Crippen LogP contribution in [0.4, 0.5) is 0 Å². The van der Waals surface area contributed by atoms with Gasteiger partial charge in [-0.25, -0.2) is 0 Å². The zero-order chi connectivity index (χ0) is 11.1. The van der Waals surface area contributed by atoms with Gasteiger partial charge in [-0.2, -0.15) is 0 Å². The van der Waals surface area contributed by atoms with E-state index in [4.69, 9.17) is 0 Å². The fraction of sp³-hybridized carbons (Fsp3) is 0.917. The number of carboxylic acid groups (broad SMARTS) is 1. The third kappa shape index (κ3) is 2.21. The van der Waals surface area contributed by atoms with Gasteiger partial charge >= 0.3 is 5.97 Å². The van der Waals surface area contributed by atoms with Gasteiger partial charge in [-0.3, -0.25) is 4.79 Å². The van der Waals surface area contributed by atoms with Gasteiger partial charge < -0.3 is 10.0 Å². The van der Waals surface area contributed by atoms with E-state index in [9.17, 15) is 9.90 Å². The molecule has 94 valence electrons. The molecule has 3 nitrogen and oxygen atoms in total. The molecule has 16 heavy (non-hydrogen) atoms. The van der Waals surface area contributed by atoms with Crippen LogP contribution in [0.25, 0.3) is 0 Å². The summed E-state index contributed by atoms with van der Waals surface area (Å²) in [5.41, 5.74) is 0.0781. The van der Waals surface area contributed by atoms with Crippen molar-refractivity contribution in [3.05, 3.63) is 0 Å². The molecule has 3 fully saturated rings. The van der Waals surface area contributed by atoms with E-state index in [0.717, 1.165) is 45.1 Å². The van der Waals surface area contributed by atoms with Crippen LogP contribution in [0.2, 0.25) is 0 Å². The minimum atomic E-state index is -0.555. The Morgan fingerprint density at radius 2 is 1.56 bits per heavy atom. The van der Waals surface area contributed by atoms with Crippen LogP contribution in [0.15, 0.2) is 0 Å². The van der Waals surface area contributed by atoms with Crippen molar-refractivity contribution < 1.29 is 9.90 Å². The number of hydrogen-bond acceptors (Lipinski definition) is 2. The van der Waals surface area contributed by atoms with Crippen molar-refractivity contribution in [2.75, 3.05) is 20.6 Å². The van der Waals surface area contributed by atoms with Crippen LogP contribution >= 0.6 is 12.4 Å². The maximum Gasteiger partial charge on any atom is 0.309 e. The van der Waals surface area contributed by atoms with E-state index in [1.807, 2.05) is 0 Å². The topological polar surface area (TPSA) is 40.5 Å². The number of rotatable bonds is 3. The molecule has 3 aliphatic carbocycles. The molecular formula is C12H22ClNO2. The van der Waals surface area contributed by atoms with Gasteiger partial charge in [0.1, 0.15) is 0 Å². The van der Waals surface area contributed by atoms with Crippen LogP contribution < -0.4 is 0 Å². The van der Waals surface area contributed by atoms with E-state index in [2.05, 4.69) is 19.0 Å². The number of carboxylic acids is 1. The quantitative estimate of drug-likeness (QED) is 0.833. The van der Waals surface area contributed by atoms with Crippen LogP contribution in [0.1, 0.15) is 38.5 Å². The Morgan fingerprint density at radius 3 is 1.88 bits per heavy atom. The van der Waals surface area contributed by atoms with Crippen molar-refractivity contribution in [3.8, 4) is 0 Å². The zero-order valence-electron chi connectivity index (χ0n) is 10.2. The maximum absolute atomic E-state index is 11.2. The highest BCUT2D eigenvalue weighted by Gasteiger charge is 2.52. The molecule has 1 N–H and O–H groups in total. The SMILES string of the molecule is CN(C)CC12CCC(C(=O)O)(CC1)CC2.Cl. The van der Waals surface area contributed by atoms with Crippen LogP contribution in [0, 0.1) is 10.8 Å². The second-order valence-corrected chi connectivity index (χ2v) is 5.82. The van der Waals surface area contributed by atoms with Crippen molar-refractivity contribution >= 4 is 18.4 Å². The molecule has 0 aromatic carbocycles. The first kappa shape index (κ1) is 13.8. The van der Waals surface area contributed by atoms with Gasteiger partial charge in [0.25, 0.3) is 0 Å². The summed E-state index contributed by atoms with van der Waals surface area (Å²) in [6.07, 6.45) is 6.02. The largest absolute Gasteiger partial charge is 0.481 e. The molecule has 0 unspecified atom stereocenters. The molecule has 0 aromatic heterocycles. The molecule has 0 radical (unpaired) electrons. The Kier molecular flexibility index (Phi) is 3.91. The summed E-state index contributed by atoms with van der Waals surface area (Å²) in [7, 11) is 4.23. The van der Waals surface area contributed by atoms with Crippen LogP contribution in [-0.4, -0.2) is 36.6 Å². The minimum Gasteiger partial charge on any atom is -0.481 e. The summed E-state index contributed by atoms with van der Waals surface area (Å²) >= 11 is 0. The fourth-order valence-electron chi connectivity index (χ4n) is 3.49. The monoisotopic (exact) mass is 247 g/mol. The third-order valence-electron chi connectivity index (χ3n) is 4.51. The average molecular weight is 248 g/mol. The minimum absolute atomic E-state index is 0. The molecule has 0 saturated heterocycles. The van der Waals surface area contributed by atoms with Gasteiger partial charge in [-0.15, -0.1) is 12.4 Å². The number of nitrogens with zero attached hydrogens (tertiary/aromatic N) is 1. The summed E-state index contributed by atoms with van der Waals surface area (Å²) < 4.78 is 0. The Morgan fingerprint density at radius 1 is 1.12 bits per heavy atom. The molecule has 0 aliphatic heterocycles. The van der Waals surface area contributed by atoms with Crippen LogP contribution in [0.5, 0.6) is 0 Å². The van der Waals surface area contributed by atoms with Crippen molar-refractivity contribution in [2.24, 2.45) is 10.8 Å². The Balaban J connectivity index is 0.00000128. The number of fused-ring (bicyclic) bond motifs is 3. The molecule has 3 saturated carbocycles. The summed E-state index contributed by atoms with van der Waals surface area (Å²) in [6.45, 7) is 1.13. The van der Waals surface area contributed by atoms with E-state index < -0.39 is 5.97 Å². The van der Waals surface area contributed by atoms with Gasteiger partial charge in [0.15, 0.2) is 0 Å². The highest BCUT2D eigenvalue weighted by Crippen LogP contribution is 2.57. The second-order valence-electron chi connectivity index (χ2n) is 5.82. The van der Waals surface area contributed by atoms with E-state index in [-0.39, 0.29) is 17.8 Å². The van der Waals surface area contributed by atoms with Gasteiger partial charge in [0.2, 0.25) is 0 Å². The van der Waals surface area contributed by atoms with Gasteiger partial charge in [-0.05, 0) is 58.0 Å². The molecule has 3 aliphatic rings. The van der Waals surface area contributed by atoms with E-state index in [0.29, 0.717) is 5.41 Å². The van der Waals surface area contributed by atoms with Gasteiger partial charge in [0.05, 0.1) is 5.41 Å². The van der Waals surface area contributed by atoms with Crippen LogP contribution in [0.3, 0.4) is 0 Å². The van der Waals surface area contributed by atoms with Crippen molar-refractivity contribution in [1.82, 2.24) is 4.90 Å². The number of aliphatic carboxylic acids is 1. The molecule has 2 bridgehead atoms. The lowest BCUT2D eigenvalue weighted by atomic mass is 9.53. The lowest BCUT2D eigenvalue weighted by molar-refractivity contribution is -0.159. The number of carbonyl (C=O) groups is 1. The first-order chi connectivity index (χ1) is 6.98. The second kappa shape index (κ2) is 4.53. The predicted molar refractivity (Wildman–Crippen MR) is 66.0 cm³/mol. The van der Waals surface area contributed by atoms with Crippen LogP contribution in [-0.2, 0) is 4.79 Å². The third-order valence-corrected chi connectivity index (χ3v) is 4.51. The van der Waals surface area contributed by atoms with Crippen molar-refractivity contribution in [2.45, 2.75) is 38.5 Å². The maximum atomic E-state index is 11.2. The first-order valence-electron chi connectivity index (χ1n) is 5.86. The molecule has 0 amide bonds. The van der Waals surface area contributed by atoms with Crippen molar-refractivity contribution in [3.63, 3.8) is 0 Å². The highest BCUT2D eigenvalue weighted by atomic mass is 35.5. The van der Waals surface area contributed by atoms with Gasteiger partial charge in [-0.1, -0.05) is 0 Å². The zero-order valence-corrected chi connectivity index (χ0v) is 11.0. The standard InChI is InChI=1S/C12H21NO2.ClH/c1-13(2)9-11-3-6-12(7-4-11,8-5-11)10(14)15;/h3-9H2,1-2H3,(H,14,15);1H. The summed E-state index contributed by atoms with van der Waals surface area (Å²) in [4.78, 5) is 13.5. The average Bonchev–Trinajstić information content (AvgIpc) is 2.18. The van der Waals surface area contributed by atoms with E-state index in [1.165, 1.54) is 0 Å². The lowest BCUT2D eigenvalue weighted by Crippen LogP contribution is -2.49. The molecular weight excluding hydrogens is 226 g/mol. The first-order valence-corrected chi connectivity index (χ1v) is 5.86. The van der Waals surface area contributed by atoms with Gasteiger partial charge in [0, 0.05) is 6.54 Å². The molecule has 0 aromatic rings. The predicted octanol–water partition coefficient (Wildman–Crippen LogP) is 2.40. The fourth-order valence-corrected chi connectivity index (χ4v) is 3.49. The summed E-state index contributed by atoms with van der Waals surface area (Å²) in [5, 5.41) is 9.27. The Hall–Kier alpha value is -0.280. The number of halogens is 1.